The average Bonchev–Trinajstić information content (AvgIpc) is 2.82. The minimum absolute atomic E-state index is 0.0343. The minimum atomic E-state index is -3.93. The molecule has 2 heterocycles. The van der Waals surface area contributed by atoms with Crippen LogP contribution in [0.4, 0.5) is 17.1 Å². The number of nitrogens with zero attached hydrogens (tertiary/aromatic N) is 2. The van der Waals surface area contributed by atoms with Crippen molar-refractivity contribution in [1.29, 1.82) is 0 Å². The molecule has 8 nitrogen and oxygen atoms in total. The molecule has 176 valence electrons. The summed E-state index contributed by atoms with van der Waals surface area (Å²) in [5, 5.41) is 2.69. The van der Waals surface area contributed by atoms with E-state index in [4.69, 9.17) is 0 Å². The van der Waals surface area contributed by atoms with E-state index in [-0.39, 0.29) is 22.9 Å². The maximum absolute atomic E-state index is 13.4. The Labute approximate surface area is 199 Å². The van der Waals surface area contributed by atoms with E-state index < -0.39 is 15.9 Å². The van der Waals surface area contributed by atoms with Gasteiger partial charge >= 0.3 is 0 Å². The molecule has 0 bridgehead atoms. The molecule has 34 heavy (non-hydrogen) atoms. The summed E-state index contributed by atoms with van der Waals surface area (Å²) in [7, 11) is -3.93. The van der Waals surface area contributed by atoms with E-state index in [0.717, 1.165) is 24.8 Å². The zero-order valence-corrected chi connectivity index (χ0v) is 19.9. The zero-order chi connectivity index (χ0) is 24.3. The van der Waals surface area contributed by atoms with Gasteiger partial charge in [0, 0.05) is 17.4 Å². The monoisotopic (exact) mass is 478 g/mol. The van der Waals surface area contributed by atoms with Crippen molar-refractivity contribution in [3.63, 3.8) is 0 Å². The molecule has 2 amide bonds. The van der Waals surface area contributed by atoms with Crippen LogP contribution < -0.4 is 14.9 Å². The third-order valence-electron chi connectivity index (χ3n) is 5.68. The highest BCUT2D eigenvalue weighted by Crippen LogP contribution is 2.30. The Hall–Kier alpha value is -3.72. The van der Waals surface area contributed by atoms with Crippen LogP contribution in [0.5, 0.6) is 0 Å². The number of rotatable bonds is 7. The topological polar surface area (TPSA) is 108 Å². The molecule has 2 aromatic carbocycles. The number of carbonyl (C=O) groups is 2. The van der Waals surface area contributed by atoms with Crippen LogP contribution in [0.3, 0.4) is 0 Å². The summed E-state index contributed by atoms with van der Waals surface area (Å²) in [4.78, 5) is 30.8. The molecule has 9 heteroatoms. The van der Waals surface area contributed by atoms with Gasteiger partial charge in [-0.1, -0.05) is 31.5 Å². The molecule has 4 rings (SSSR count). The van der Waals surface area contributed by atoms with E-state index >= 15 is 0 Å². The summed E-state index contributed by atoms with van der Waals surface area (Å²) < 4.78 is 28.7. The summed E-state index contributed by atoms with van der Waals surface area (Å²) in [6, 6.07) is 13.3. The van der Waals surface area contributed by atoms with Crippen molar-refractivity contribution in [2.45, 2.75) is 38.0 Å². The molecule has 0 saturated heterocycles. The number of hydrogen-bond donors (Lipinski definition) is 2. The van der Waals surface area contributed by atoms with Gasteiger partial charge in [-0.05, 0) is 61.2 Å². The molecule has 0 spiro atoms. The molecule has 0 aliphatic carbocycles. The first-order valence-electron chi connectivity index (χ1n) is 11.1. The highest BCUT2D eigenvalue weighted by Gasteiger charge is 2.29. The molecule has 0 unspecified atom stereocenters. The first kappa shape index (κ1) is 23.4. The second-order valence-electron chi connectivity index (χ2n) is 8.22. The lowest BCUT2D eigenvalue weighted by atomic mass is 10.1. The number of benzene rings is 2. The Morgan fingerprint density at radius 3 is 2.65 bits per heavy atom. The number of unbranched alkanes of at least 4 members (excludes halogenated alkanes) is 1. The van der Waals surface area contributed by atoms with Crippen LogP contribution in [0, 0.1) is 6.92 Å². The lowest BCUT2D eigenvalue weighted by Crippen LogP contribution is -2.42. The molecular weight excluding hydrogens is 452 g/mol. The Kier molecular flexibility index (Phi) is 6.65. The summed E-state index contributed by atoms with van der Waals surface area (Å²) in [6.07, 6.45) is 6.11. The van der Waals surface area contributed by atoms with Gasteiger partial charge in [-0.3, -0.25) is 24.2 Å². The number of aryl methyl sites for hydroxylation is 2. The Bertz CT molecular complexity index is 1340. The van der Waals surface area contributed by atoms with E-state index in [2.05, 4.69) is 21.9 Å². The minimum Gasteiger partial charge on any atom is -0.321 e. The van der Waals surface area contributed by atoms with Gasteiger partial charge in [0.1, 0.15) is 6.54 Å². The fourth-order valence-electron chi connectivity index (χ4n) is 3.80. The number of sulfonamides is 1. The van der Waals surface area contributed by atoms with Crippen LogP contribution in [0.2, 0.25) is 0 Å². The first-order valence-corrected chi connectivity index (χ1v) is 12.5. The lowest BCUT2D eigenvalue weighted by molar-refractivity contribution is -0.115. The zero-order valence-electron chi connectivity index (χ0n) is 19.0. The number of amides is 2. The second kappa shape index (κ2) is 9.64. The van der Waals surface area contributed by atoms with Crippen LogP contribution in [0.15, 0.2) is 65.8 Å². The third kappa shape index (κ3) is 4.94. The predicted octanol–water partition coefficient (Wildman–Crippen LogP) is 4.13. The van der Waals surface area contributed by atoms with Crippen LogP contribution in [0.1, 0.15) is 41.3 Å². The fraction of sp³-hybridized carbons (Fsp3) is 0.240. The number of aromatic nitrogens is 1. The summed E-state index contributed by atoms with van der Waals surface area (Å²) >= 11 is 0. The fourth-order valence-corrected chi connectivity index (χ4v) is 4.88. The van der Waals surface area contributed by atoms with E-state index in [0.29, 0.717) is 22.6 Å². The van der Waals surface area contributed by atoms with Gasteiger partial charge in [-0.15, -0.1) is 0 Å². The van der Waals surface area contributed by atoms with Crippen LogP contribution in [-0.4, -0.2) is 31.8 Å². The van der Waals surface area contributed by atoms with Crippen molar-refractivity contribution in [3.8, 4) is 0 Å². The number of carbonyl (C=O) groups excluding carboxylic acids is 2. The number of pyridine rings is 1. The molecule has 0 fully saturated rings. The molecule has 3 aromatic rings. The summed E-state index contributed by atoms with van der Waals surface area (Å²) in [6.45, 7) is 3.68. The van der Waals surface area contributed by atoms with E-state index in [9.17, 15) is 18.0 Å². The highest BCUT2D eigenvalue weighted by atomic mass is 32.2. The van der Waals surface area contributed by atoms with Crippen molar-refractivity contribution in [3.05, 3.63) is 77.6 Å². The molecule has 0 saturated carbocycles. The largest absolute Gasteiger partial charge is 0.321 e. The van der Waals surface area contributed by atoms with E-state index in [1.165, 1.54) is 29.4 Å². The number of nitrogens with one attached hydrogen (secondary N) is 2. The smallest absolute Gasteiger partial charge is 0.261 e. The molecule has 1 aliphatic heterocycles. The van der Waals surface area contributed by atoms with Crippen LogP contribution in [-0.2, 0) is 21.2 Å². The van der Waals surface area contributed by atoms with E-state index in [1.54, 1.807) is 31.2 Å². The molecule has 0 radical (unpaired) electrons. The Balaban J connectivity index is 1.60. The van der Waals surface area contributed by atoms with Crippen molar-refractivity contribution < 1.29 is 18.0 Å². The van der Waals surface area contributed by atoms with Crippen molar-refractivity contribution in [2.24, 2.45) is 0 Å². The van der Waals surface area contributed by atoms with Gasteiger partial charge in [-0.2, -0.15) is 0 Å². The Morgan fingerprint density at radius 1 is 1.15 bits per heavy atom. The van der Waals surface area contributed by atoms with Gasteiger partial charge in [-0.25, -0.2) is 8.42 Å². The third-order valence-corrected chi connectivity index (χ3v) is 7.06. The number of hydrogen-bond acceptors (Lipinski definition) is 5. The Morgan fingerprint density at radius 2 is 1.91 bits per heavy atom. The van der Waals surface area contributed by atoms with Crippen molar-refractivity contribution >= 4 is 38.9 Å². The maximum Gasteiger partial charge on any atom is 0.261 e. The molecular formula is C25H26N4O4S. The van der Waals surface area contributed by atoms with E-state index in [1.807, 2.05) is 12.1 Å². The van der Waals surface area contributed by atoms with Gasteiger partial charge in [0.25, 0.3) is 15.9 Å². The quantitative estimate of drug-likeness (QED) is 0.531. The average molecular weight is 479 g/mol. The molecule has 1 aromatic heterocycles. The number of fused-ring (bicyclic) bond motifs is 1. The maximum atomic E-state index is 13.4. The second-order valence-corrected chi connectivity index (χ2v) is 9.90. The predicted molar refractivity (Wildman–Crippen MR) is 132 cm³/mol. The molecule has 0 atom stereocenters. The normalized spacial score (nSPS) is 13.2. The summed E-state index contributed by atoms with van der Waals surface area (Å²) in [5.41, 5.74) is 3.34. The van der Waals surface area contributed by atoms with Crippen molar-refractivity contribution in [2.75, 3.05) is 21.5 Å². The van der Waals surface area contributed by atoms with Crippen LogP contribution in [0.25, 0.3) is 0 Å². The SMILES string of the molecule is CCCCc1ccc(NS(=O)(=O)c2ccc(C)c(C(=O)N3CC(=O)Nc4cnccc43)c2)cc1. The standard InChI is InChI=1S/C25H26N4O4S/c1-3-4-5-18-7-9-19(10-8-18)28-34(32,33)20-11-6-17(2)21(14-20)25(31)29-16-24(30)27-22-15-26-13-12-23(22)29/h6-15,28H,3-5,16H2,1-2H3,(H,27,30). The molecule has 1 aliphatic rings. The van der Waals surface area contributed by atoms with Crippen LogP contribution >= 0.6 is 0 Å². The van der Waals surface area contributed by atoms with Gasteiger partial charge in [0.15, 0.2) is 0 Å². The molecule has 2 N–H and O–H groups in total. The van der Waals surface area contributed by atoms with Crippen molar-refractivity contribution in [1.82, 2.24) is 4.98 Å². The van der Waals surface area contributed by atoms with Gasteiger partial charge in [0.05, 0.1) is 22.5 Å². The lowest BCUT2D eigenvalue weighted by Gasteiger charge is -2.29. The summed E-state index contributed by atoms with van der Waals surface area (Å²) in [5.74, 6) is -0.809. The first-order chi connectivity index (χ1) is 16.3. The van der Waals surface area contributed by atoms with Gasteiger partial charge in [0.2, 0.25) is 5.91 Å². The highest BCUT2D eigenvalue weighted by molar-refractivity contribution is 7.92. The number of anilines is 3. The van der Waals surface area contributed by atoms with Gasteiger partial charge < -0.3 is 5.32 Å².